The first kappa shape index (κ1) is 14.2. The summed E-state index contributed by atoms with van der Waals surface area (Å²) in [5.74, 6) is 4.05. The van der Waals surface area contributed by atoms with E-state index in [4.69, 9.17) is 11.2 Å². The topological polar surface area (TPSA) is 38.2 Å². The van der Waals surface area contributed by atoms with E-state index in [0.717, 1.165) is 44.0 Å². The van der Waals surface area contributed by atoms with Crippen LogP contribution in [0, 0.1) is 12.3 Å². The van der Waals surface area contributed by atoms with Gasteiger partial charge in [0.25, 0.3) is 0 Å². The second-order valence-electron chi connectivity index (χ2n) is 6.17. The van der Waals surface area contributed by atoms with Crippen LogP contribution in [-0.4, -0.2) is 28.0 Å². The SMILES string of the molecule is C#Cc1ncc2c(n1)CCN(C(C)c1ccc3c(c1)OCC3)C2. The van der Waals surface area contributed by atoms with Crippen LogP contribution in [0.15, 0.2) is 24.4 Å². The van der Waals surface area contributed by atoms with E-state index in [1.165, 1.54) is 16.7 Å². The molecule has 116 valence electrons. The van der Waals surface area contributed by atoms with Gasteiger partial charge in [0.15, 0.2) is 0 Å². The van der Waals surface area contributed by atoms with Crippen LogP contribution in [-0.2, 0) is 19.4 Å². The van der Waals surface area contributed by atoms with Gasteiger partial charge in [-0.15, -0.1) is 6.42 Å². The minimum absolute atomic E-state index is 0.338. The molecule has 0 fully saturated rings. The summed E-state index contributed by atoms with van der Waals surface area (Å²) in [4.78, 5) is 11.1. The summed E-state index contributed by atoms with van der Waals surface area (Å²) in [6.07, 6.45) is 9.20. The number of rotatable bonds is 2. The predicted molar refractivity (Wildman–Crippen MR) is 88.1 cm³/mol. The summed E-state index contributed by atoms with van der Waals surface area (Å²) in [6, 6.07) is 6.96. The summed E-state index contributed by atoms with van der Waals surface area (Å²) in [7, 11) is 0. The molecule has 2 aromatic rings. The lowest BCUT2D eigenvalue weighted by Crippen LogP contribution is -2.33. The molecule has 0 saturated heterocycles. The van der Waals surface area contributed by atoms with Gasteiger partial charge >= 0.3 is 0 Å². The van der Waals surface area contributed by atoms with Crippen molar-refractivity contribution in [3.63, 3.8) is 0 Å². The second kappa shape index (κ2) is 5.68. The van der Waals surface area contributed by atoms with Gasteiger partial charge in [-0.2, -0.15) is 0 Å². The maximum atomic E-state index is 5.70. The number of aromatic nitrogens is 2. The van der Waals surface area contributed by atoms with Crippen LogP contribution in [0.2, 0.25) is 0 Å². The maximum Gasteiger partial charge on any atom is 0.204 e. The number of hydrogen-bond donors (Lipinski definition) is 0. The highest BCUT2D eigenvalue weighted by molar-refractivity contribution is 5.41. The molecular weight excluding hydrogens is 286 g/mol. The molecule has 0 spiro atoms. The highest BCUT2D eigenvalue weighted by Crippen LogP contribution is 2.32. The molecular formula is C19H19N3O. The molecule has 1 atom stereocenters. The first-order valence-corrected chi connectivity index (χ1v) is 8.05. The third-order valence-corrected chi connectivity index (χ3v) is 4.84. The molecule has 4 heteroatoms. The average Bonchev–Trinajstić information content (AvgIpc) is 3.07. The van der Waals surface area contributed by atoms with Crippen molar-refractivity contribution in [2.24, 2.45) is 0 Å². The highest BCUT2D eigenvalue weighted by Gasteiger charge is 2.24. The van der Waals surface area contributed by atoms with Crippen molar-refractivity contribution in [1.82, 2.24) is 14.9 Å². The van der Waals surface area contributed by atoms with Crippen LogP contribution in [0.25, 0.3) is 0 Å². The molecule has 2 aliphatic rings. The van der Waals surface area contributed by atoms with Crippen molar-refractivity contribution in [2.45, 2.75) is 32.4 Å². The van der Waals surface area contributed by atoms with E-state index >= 15 is 0 Å². The van der Waals surface area contributed by atoms with Crippen LogP contribution in [0.3, 0.4) is 0 Å². The lowest BCUT2D eigenvalue weighted by Gasteiger charge is -2.33. The summed E-state index contributed by atoms with van der Waals surface area (Å²) < 4.78 is 5.70. The number of nitrogens with zero attached hydrogens (tertiary/aromatic N) is 3. The molecule has 1 unspecified atom stereocenters. The number of benzene rings is 1. The summed E-state index contributed by atoms with van der Waals surface area (Å²) in [5, 5.41) is 0. The number of ether oxygens (including phenoxy) is 1. The van der Waals surface area contributed by atoms with Crippen LogP contribution in [0.1, 0.15) is 41.2 Å². The Morgan fingerprint density at radius 3 is 3.09 bits per heavy atom. The Morgan fingerprint density at radius 2 is 2.22 bits per heavy atom. The van der Waals surface area contributed by atoms with E-state index in [0.29, 0.717) is 11.9 Å². The lowest BCUT2D eigenvalue weighted by atomic mass is 10.00. The van der Waals surface area contributed by atoms with Crippen LogP contribution >= 0.6 is 0 Å². The van der Waals surface area contributed by atoms with E-state index in [9.17, 15) is 0 Å². The zero-order valence-corrected chi connectivity index (χ0v) is 13.2. The standard InChI is InChI=1S/C19H19N3O/c1-3-19-20-11-16-12-22(8-6-17(16)21-19)13(2)15-5-4-14-7-9-23-18(14)10-15/h1,4-5,10-11,13H,6-9,12H2,2H3. The zero-order chi connectivity index (χ0) is 15.8. The van der Waals surface area contributed by atoms with Crippen molar-refractivity contribution >= 4 is 0 Å². The van der Waals surface area contributed by atoms with E-state index < -0.39 is 0 Å². The molecule has 3 heterocycles. The molecule has 2 aliphatic heterocycles. The monoisotopic (exact) mass is 305 g/mol. The predicted octanol–water partition coefficient (Wildman–Crippen LogP) is 2.51. The van der Waals surface area contributed by atoms with Crippen LogP contribution in [0.4, 0.5) is 0 Å². The van der Waals surface area contributed by atoms with E-state index in [-0.39, 0.29) is 0 Å². The van der Waals surface area contributed by atoms with Gasteiger partial charge in [-0.05, 0) is 30.0 Å². The Labute approximate surface area is 136 Å². The van der Waals surface area contributed by atoms with Gasteiger partial charge in [-0.1, -0.05) is 12.1 Å². The third-order valence-electron chi connectivity index (χ3n) is 4.84. The minimum atomic E-state index is 0.338. The molecule has 4 nitrogen and oxygen atoms in total. The molecule has 0 radical (unpaired) electrons. The molecule has 0 saturated carbocycles. The highest BCUT2D eigenvalue weighted by atomic mass is 16.5. The summed E-state index contributed by atoms with van der Waals surface area (Å²) in [6.45, 7) is 4.89. The second-order valence-corrected chi connectivity index (χ2v) is 6.17. The molecule has 0 N–H and O–H groups in total. The van der Waals surface area contributed by atoms with Gasteiger partial charge in [-0.3, -0.25) is 4.90 Å². The first-order valence-electron chi connectivity index (χ1n) is 8.05. The van der Waals surface area contributed by atoms with E-state index in [1.807, 2.05) is 6.20 Å². The Hall–Kier alpha value is -2.38. The van der Waals surface area contributed by atoms with E-state index in [1.54, 1.807) is 0 Å². The third kappa shape index (κ3) is 2.58. The zero-order valence-electron chi connectivity index (χ0n) is 13.2. The summed E-state index contributed by atoms with van der Waals surface area (Å²) in [5.41, 5.74) is 4.89. The molecule has 0 bridgehead atoms. The van der Waals surface area contributed by atoms with Gasteiger partial charge in [0.1, 0.15) is 5.75 Å². The van der Waals surface area contributed by atoms with Gasteiger partial charge in [-0.25, -0.2) is 9.97 Å². The first-order chi connectivity index (χ1) is 11.2. The molecule has 1 aromatic heterocycles. The fraction of sp³-hybridized carbons (Fsp3) is 0.368. The fourth-order valence-electron chi connectivity index (χ4n) is 3.39. The Morgan fingerprint density at radius 1 is 1.30 bits per heavy atom. The molecule has 0 amide bonds. The Kier molecular flexibility index (Phi) is 3.51. The number of hydrogen-bond acceptors (Lipinski definition) is 4. The minimum Gasteiger partial charge on any atom is -0.493 e. The van der Waals surface area contributed by atoms with Crippen molar-refractivity contribution < 1.29 is 4.74 Å². The van der Waals surface area contributed by atoms with E-state index in [2.05, 4.69) is 45.9 Å². The molecule has 4 rings (SSSR count). The van der Waals surface area contributed by atoms with Crippen LogP contribution < -0.4 is 4.74 Å². The number of terminal acetylenes is 1. The van der Waals surface area contributed by atoms with Gasteiger partial charge in [0, 0.05) is 43.7 Å². The lowest BCUT2D eigenvalue weighted by molar-refractivity contribution is 0.190. The molecule has 0 aliphatic carbocycles. The quantitative estimate of drug-likeness (QED) is 0.799. The largest absolute Gasteiger partial charge is 0.493 e. The van der Waals surface area contributed by atoms with Gasteiger partial charge < -0.3 is 4.74 Å². The van der Waals surface area contributed by atoms with Crippen molar-refractivity contribution in [2.75, 3.05) is 13.2 Å². The molecule has 23 heavy (non-hydrogen) atoms. The Bertz CT molecular complexity index is 794. The van der Waals surface area contributed by atoms with Gasteiger partial charge in [0.05, 0.1) is 12.3 Å². The average molecular weight is 305 g/mol. The number of fused-ring (bicyclic) bond motifs is 2. The van der Waals surface area contributed by atoms with Crippen molar-refractivity contribution in [3.8, 4) is 18.1 Å². The van der Waals surface area contributed by atoms with Crippen molar-refractivity contribution in [3.05, 3.63) is 52.6 Å². The van der Waals surface area contributed by atoms with Crippen molar-refractivity contribution in [1.29, 1.82) is 0 Å². The molecule has 1 aromatic carbocycles. The normalized spacial score (nSPS) is 17.7. The fourth-order valence-corrected chi connectivity index (χ4v) is 3.39. The summed E-state index contributed by atoms with van der Waals surface area (Å²) >= 11 is 0. The maximum absolute atomic E-state index is 5.70. The van der Waals surface area contributed by atoms with Gasteiger partial charge in [0.2, 0.25) is 5.82 Å². The van der Waals surface area contributed by atoms with Crippen LogP contribution in [0.5, 0.6) is 5.75 Å². The Balaban J connectivity index is 1.56. The smallest absolute Gasteiger partial charge is 0.204 e.